The topological polar surface area (TPSA) is 201 Å². The summed E-state index contributed by atoms with van der Waals surface area (Å²) in [7, 11) is 2.81. The molecule has 0 bridgehead atoms. The van der Waals surface area contributed by atoms with Crippen molar-refractivity contribution in [3.63, 3.8) is 0 Å². The average molecular weight is 875 g/mol. The number of esters is 2. The number of ether oxygens (including phenoxy) is 2. The van der Waals surface area contributed by atoms with E-state index in [9.17, 15) is 38.7 Å². The number of carbonyl (C=O) groups is 7. The number of nitrogens with zero attached hydrogens (tertiary/aromatic N) is 2. The molecule has 1 heterocycles. The number of benzene rings is 1. The molecule has 0 saturated carbocycles. The smallest absolute Gasteiger partial charge is 0.334 e. The largest absolute Gasteiger partial charge is 0.456 e. The van der Waals surface area contributed by atoms with Crippen LogP contribution >= 0.6 is 11.6 Å². The normalized spacial score (nSPS) is 27.9. The number of hydrogen-bond donors (Lipinski definition) is 4. The highest BCUT2D eigenvalue weighted by atomic mass is 35.5. The van der Waals surface area contributed by atoms with E-state index >= 15 is 0 Å². The van der Waals surface area contributed by atoms with Crippen LogP contribution in [0.2, 0.25) is 5.02 Å². The van der Waals surface area contributed by atoms with Crippen LogP contribution in [0.1, 0.15) is 101 Å². The molecule has 0 saturated heterocycles. The van der Waals surface area contributed by atoms with Gasteiger partial charge < -0.3 is 40.3 Å². The number of aliphatic hydroxyl groups is 1. The molecular formula is C45H68ClN5O10. The molecule has 0 radical (unpaired) electrons. The number of nitrogens with one attached hydrogen (secondary N) is 3. The van der Waals surface area contributed by atoms with Crippen molar-refractivity contribution in [3.05, 3.63) is 58.1 Å². The number of amides is 5. The molecule has 4 N–H and O–H groups in total. The molecule has 1 aliphatic rings. The van der Waals surface area contributed by atoms with Gasteiger partial charge in [-0.3, -0.25) is 24.0 Å². The van der Waals surface area contributed by atoms with Crippen LogP contribution < -0.4 is 16.0 Å². The zero-order valence-electron chi connectivity index (χ0n) is 38.1. The van der Waals surface area contributed by atoms with Gasteiger partial charge in [0.1, 0.15) is 29.8 Å². The predicted octanol–water partition coefficient (Wildman–Crippen LogP) is 4.28. The molecular weight excluding hydrogens is 806 g/mol. The Morgan fingerprint density at radius 3 is 2.13 bits per heavy atom. The predicted molar refractivity (Wildman–Crippen MR) is 233 cm³/mol. The first-order valence-electron chi connectivity index (χ1n) is 20.9. The Bertz CT molecular complexity index is 1800. The van der Waals surface area contributed by atoms with Crippen molar-refractivity contribution < 1.29 is 48.1 Å². The summed E-state index contributed by atoms with van der Waals surface area (Å²) in [5, 5.41) is 19.9. The summed E-state index contributed by atoms with van der Waals surface area (Å²) < 4.78 is 11.6. The fourth-order valence-electron chi connectivity index (χ4n) is 6.66. The first-order valence-corrected chi connectivity index (χ1v) is 21.3. The maximum atomic E-state index is 14.2. The minimum Gasteiger partial charge on any atom is -0.456 e. The van der Waals surface area contributed by atoms with E-state index in [2.05, 4.69) is 16.0 Å². The first kappa shape index (κ1) is 52.4. The lowest BCUT2D eigenvalue weighted by atomic mass is 9.90. The Morgan fingerprint density at radius 1 is 0.967 bits per heavy atom. The lowest BCUT2D eigenvalue weighted by Gasteiger charge is -2.34. The molecule has 1 aromatic rings. The Balaban J connectivity index is 2.67. The number of rotatable bonds is 7. The lowest BCUT2D eigenvalue weighted by molar-refractivity contribution is -0.159. The Kier molecular flexibility index (Phi) is 20.1. The monoisotopic (exact) mass is 873 g/mol. The summed E-state index contributed by atoms with van der Waals surface area (Å²) in [5.41, 5.74) is -0.179. The van der Waals surface area contributed by atoms with Gasteiger partial charge in [0.25, 0.3) is 5.91 Å². The maximum absolute atomic E-state index is 14.2. The Hall–Kier alpha value is -4.76. The van der Waals surface area contributed by atoms with Crippen molar-refractivity contribution >= 4 is 53.1 Å². The highest BCUT2D eigenvalue weighted by Gasteiger charge is 2.40. The van der Waals surface area contributed by atoms with Crippen LogP contribution in [-0.4, -0.2) is 119 Å². The summed E-state index contributed by atoms with van der Waals surface area (Å²) in [4.78, 5) is 98.8. The summed E-state index contributed by atoms with van der Waals surface area (Å²) >= 11 is 6.12. The number of halogens is 1. The van der Waals surface area contributed by atoms with Crippen LogP contribution in [0.25, 0.3) is 0 Å². The van der Waals surface area contributed by atoms with E-state index in [-0.39, 0.29) is 30.8 Å². The SMILES string of the molecule is C/C=C(\C)[C@H]1OC(=O)C(C)(C)NC(=O)[C@H]([C@H](C)CC)NC(=O)CN(C)C(=O)[C@@H](Cc2ccc(Cl)cc2)N(C)C(=O)[C@H](C)NC(=O)[C@@H](CC(C)C)OC(=O)/C(C)=C/C[C@H](O)[C@@H]1C. The van der Waals surface area contributed by atoms with Crippen molar-refractivity contribution in [1.29, 1.82) is 0 Å². The second-order valence-corrected chi connectivity index (χ2v) is 17.6. The summed E-state index contributed by atoms with van der Waals surface area (Å²) in [6.07, 6.45) is 0.511. The van der Waals surface area contributed by atoms with Gasteiger partial charge in [-0.05, 0) is 89.5 Å². The molecule has 2 rings (SSSR count). The summed E-state index contributed by atoms with van der Waals surface area (Å²) in [6, 6.07) is 3.26. The average Bonchev–Trinajstić information content (AvgIpc) is 3.20. The fraction of sp³-hybridized carbons (Fsp3) is 0.622. The van der Waals surface area contributed by atoms with E-state index in [0.29, 0.717) is 22.6 Å². The number of likely N-dealkylation sites (N-methyl/N-ethyl adjacent to an activating group) is 2. The van der Waals surface area contributed by atoms with Gasteiger partial charge in [0.2, 0.25) is 23.6 Å². The number of cyclic esters (lactones) is 2. The number of carbonyl (C=O) groups excluding carboxylic acids is 7. The van der Waals surface area contributed by atoms with E-state index < -0.39 is 102 Å². The van der Waals surface area contributed by atoms with E-state index in [1.165, 1.54) is 52.8 Å². The third kappa shape index (κ3) is 15.3. The highest BCUT2D eigenvalue weighted by molar-refractivity contribution is 6.30. The molecule has 0 unspecified atom stereocenters. The third-order valence-corrected chi connectivity index (χ3v) is 11.4. The van der Waals surface area contributed by atoms with Crippen LogP contribution in [0.15, 0.2) is 47.6 Å². The third-order valence-electron chi connectivity index (χ3n) is 11.1. The standard InChI is InChI=1S/C45H68ClN5O10/c1-14-26(5)37-40(55)49-45(10,11)44(59)61-38(27(6)15-2)29(8)34(52)21-16-28(7)43(58)60-35(22-25(3)4)39(54)47-30(9)41(56)51(13)33(23-31-17-19-32(46)20-18-31)42(57)50(12)24-36(53)48-37/h15-20,25-26,29-30,33-35,37-38,52H,14,21-24H2,1-13H3,(H,47,54)(H,48,53)(H,49,55)/b27-15+,28-16+/t26-,29+,30+,33-,34+,35-,37+,38-/m1/s1. The molecule has 1 aliphatic heterocycles. The van der Waals surface area contributed by atoms with Gasteiger partial charge in [0.15, 0.2) is 6.10 Å². The molecule has 0 aromatic heterocycles. The van der Waals surface area contributed by atoms with Gasteiger partial charge in [-0.25, -0.2) is 9.59 Å². The van der Waals surface area contributed by atoms with E-state index in [1.807, 2.05) is 20.8 Å². The van der Waals surface area contributed by atoms with Crippen LogP contribution in [-0.2, 0) is 49.5 Å². The summed E-state index contributed by atoms with van der Waals surface area (Å²) in [5.74, 6) is -6.05. The molecule has 340 valence electrons. The van der Waals surface area contributed by atoms with Gasteiger partial charge >= 0.3 is 11.9 Å². The number of hydrogen-bond acceptors (Lipinski definition) is 10. The zero-order valence-corrected chi connectivity index (χ0v) is 38.8. The Labute approximate surface area is 366 Å². The van der Waals surface area contributed by atoms with E-state index in [0.717, 1.165) is 4.90 Å². The van der Waals surface area contributed by atoms with Crippen molar-refractivity contribution in [2.45, 2.75) is 144 Å². The second kappa shape index (κ2) is 23.5. The molecule has 16 heteroatoms. The first-order chi connectivity index (χ1) is 28.3. The quantitative estimate of drug-likeness (QED) is 0.227. The van der Waals surface area contributed by atoms with Crippen LogP contribution in [0, 0.1) is 17.8 Å². The molecule has 0 spiro atoms. The zero-order chi connectivity index (χ0) is 46.5. The van der Waals surface area contributed by atoms with Crippen LogP contribution in [0.5, 0.6) is 0 Å². The molecule has 0 aliphatic carbocycles. The van der Waals surface area contributed by atoms with Gasteiger partial charge in [0, 0.05) is 37.0 Å². The molecule has 61 heavy (non-hydrogen) atoms. The summed E-state index contributed by atoms with van der Waals surface area (Å²) in [6.45, 7) is 17.9. The maximum Gasteiger partial charge on any atom is 0.334 e. The van der Waals surface area contributed by atoms with Gasteiger partial charge in [-0.15, -0.1) is 0 Å². The number of aliphatic hydroxyl groups excluding tert-OH is 1. The molecule has 8 atom stereocenters. The minimum absolute atomic E-state index is 0.0229. The Morgan fingerprint density at radius 2 is 1.57 bits per heavy atom. The van der Waals surface area contributed by atoms with Crippen LogP contribution in [0.3, 0.4) is 0 Å². The van der Waals surface area contributed by atoms with Crippen molar-refractivity contribution in [2.75, 3.05) is 20.6 Å². The van der Waals surface area contributed by atoms with E-state index in [1.54, 1.807) is 58.0 Å². The van der Waals surface area contributed by atoms with Crippen molar-refractivity contribution in [2.24, 2.45) is 17.8 Å². The van der Waals surface area contributed by atoms with Crippen molar-refractivity contribution in [1.82, 2.24) is 25.8 Å². The van der Waals surface area contributed by atoms with Crippen molar-refractivity contribution in [3.8, 4) is 0 Å². The molecule has 1 aromatic carbocycles. The van der Waals surface area contributed by atoms with Gasteiger partial charge in [-0.2, -0.15) is 0 Å². The lowest BCUT2D eigenvalue weighted by Crippen LogP contribution is -2.60. The minimum atomic E-state index is -1.59. The second-order valence-electron chi connectivity index (χ2n) is 17.2. The highest BCUT2D eigenvalue weighted by Crippen LogP contribution is 2.25. The van der Waals surface area contributed by atoms with Crippen LogP contribution in [0.4, 0.5) is 0 Å². The fourth-order valence-corrected chi connectivity index (χ4v) is 6.79. The van der Waals surface area contributed by atoms with E-state index in [4.69, 9.17) is 21.1 Å². The van der Waals surface area contributed by atoms with Gasteiger partial charge in [-0.1, -0.05) is 76.9 Å². The molecule has 0 fully saturated rings. The molecule has 5 amide bonds. The van der Waals surface area contributed by atoms with Gasteiger partial charge in [0.05, 0.1) is 12.6 Å². The molecule has 15 nitrogen and oxygen atoms in total. The number of allylic oxidation sites excluding steroid dienone is 1.